The molecule has 25 heavy (non-hydrogen) atoms. The molecule has 0 radical (unpaired) electrons. The number of rotatable bonds is 4. The molecule has 2 aromatic rings. The first-order valence-electron chi connectivity index (χ1n) is 7.10. The van der Waals surface area contributed by atoms with Gasteiger partial charge in [0.1, 0.15) is 0 Å². The van der Waals surface area contributed by atoms with Gasteiger partial charge in [-0.3, -0.25) is 36.0 Å². The predicted molar refractivity (Wildman–Crippen MR) is 88.2 cm³/mol. The number of nitrogens with one attached hydrogen (secondary N) is 2. The summed E-state index contributed by atoms with van der Waals surface area (Å²) < 4.78 is 0. The highest BCUT2D eigenvalue weighted by Gasteiger charge is 2.20. The van der Waals surface area contributed by atoms with Crippen molar-refractivity contribution in [3.05, 3.63) is 55.8 Å². The number of nitro benzene ring substituents is 2. The number of aromatic amines is 1. The quantitative estimate of drug-likeness (QED) is 0.331. The van der Waals surface area contributed by atoms with Gasteiger partial charge in [-0.05, 0) is 0 Å². The Labute approximate surface area is 141 Å². The SMILES string of the molecule is CC(C)(C)c1cc(N=C(NO)c2cc([N+](=O)[O-])cc([N+](=O)[O-])c2)n[nH]1. The van der Waals surface area contributed by atoms with Crippen molar-refractivity contribution in [1.82, 2.24) is 15.7 Å². The van der Waals surface area contributed by atoms with E-state index in [2.05, 4.69) is 15.2 Å². The molecule has 1 aromatic heterocycles. The standard InChI is InChI=1S/C14H16N6O5/c1-14(2,3)11-7-12(17-16-11)15-13(18-21)8-4-9(19(22)23)6-10(5-8)20(24)25/h4-7,21H,1-3H3,(H2,15,16,17,18). The number of non-ortho nitro benzene ring substituents is 2. The van der Waals surface area contributed by atoms with E-state index in [0.29, 0.717) is 0 Å². The van der Waals surface area contributed by atoms with Gasteiger partial charge in [0.2, 0.25) is 0 Å². The number of aliphatic imine (C=N–C) groups is 1. The molecule has 0 aliphatic rings. The van der Waals surface area contributed by atoms with Crippen LogP contribution in [0.15, 0.2) is 29.3 Å². The third-order valence-corrected chi connectivity index (χ3v) is 3.30. The maximum atomic E-state index is 11.0. The molecular weight excluding hydrogens is 332 g/mol. The van der Waals surface area contributed by atoms with Crippen LogP contribution in [-0.4, -0.2) is 31.1 Å². The van der Waals surface area contributed by atoms with Crippen LogP contribution in [0.25, 0.3) is 0 Å². The fourth-order valence-corrected chi connectivity index (χ4v) is 1.96. The topological polar surface area (TPSA) is 160 Å². The summed E-state index contributed by atoms with van der Waals surface area (Å²) in [7, 11) is 0. The van der Waals surface area contributed by atoms with Crippen molar-refractivity contribution in [2.24, 2.45) is 4.99 Å². The number of hydrogen-bond donors (Lipinski definition) is 3. The Morgan fingerprint density at radius 1 is 1.16 bits per heavy atom. The number of nitro groups is 2. The van der Waals surface area contributed by atoms with Crippen molar-refractivity contribution in [2.75, 3.05) is 0 Å². The van der Waals surface area contributed by atoms with Gasteiger partial charge in [-0.15, -0.1) is 0 Å². The zero-order chi connectivity index (χ0) is 18.8. The van der Waals surface area contributed by atoms with Crippen LogP contribution in [-0.2, 0) is 5.41 Å². The van der Waals surface area contributed by atoms with Crippen molar-refractivity contribution in [1.29, 1.82) is 0 Å². The average Bonchev–Trinajstić information content (AvgIpc) is 3.00. The van der Waals surface area contributed by atoms with Crippen LogP contribution in [0.2, 0.25) is 0 Å². The largest absolute Gasteiger partial charge is 0.290 e. The molecule has 132 valence electrons. The molecule has 2 rings (SSSR count). The summed E-state index contributed by atoms with van der Waals surface area (Å²) in [4.78, 5) is 24.4. The smallest absolute Gasteiger partial charge is 0.277 e. The lowest BCUT2D eigenvalue weighted by molar-refractivity contribution is -0.394. The Bertz CT molecular complexity index is 819. The van der Waals surface area contributed by atoms with Gasteiger partial charge in [0.25, 0.3) is 11.4 Å². The Balaban J connectivity index is 2.51. The number of H-pyrrole nitrogens is 1. The molecule has 1 aromatic carbocycles. The van der Waals surface area contributed by atoms with Crippen LogP contribution in [0.3, 0.4) is 0 Å². The lowest BCUT2D eigenvalue weighted by atomic mass is 9.92. The second-order valence-corrected chi connectivity index (χ2v) is 6.21. The van der Waals surface area contributed by atoms with Crippen LogP contribution in [0.1, 0.15) is 32.0 Å². The van der Waals surface area contributed by atoms with E-state index in [1.807, 2.05) is 20.8 Å². The zero-order valence-electron chi connectivity index (χ0n) is 13.7. The first-order chi connectivity index (χ1) is 11.6. The van der Waals surface area contributed by atoms with Crippen molar-refractivity contribution in [3.63, 3.8) is 0 Å². The molecule has 0 saturated heterocycles. The van der Waals surface area contributed by atoms with E-state index in [-0.39, 0.29) is 22.6 Å². The number of hydrogen-bond acceptors (Lipinski definition) is 7. The summed E-state index contributed by atoms with van der Waals surface area (Å²) in [5, 5.41) is 38.0. The molecule has 1 heterocycles. The molecular formula is C14H16N6O5. The minimum Gasteiger partial charge on any atom is -0.290 e. The third-order valence-electron chi connectivity index (χ3n) is 3.30. The fourth-order valence-electron chi connectivity index (χ4n) is 1.96. The highest BCUT2D eigenvalue weighted by atomic mass is 16.6. The van der Waals surface area contributed by atoms with Crippen LogP contribution in [0.5, 0.6) is 0 Å². The van der Waals surface area contributed by atoms with Gasteiger partial charge in [-0.2, -0.15) is 5.10 Å². The minimum absolute atomic E-state index is 0.0243. The van der Waals surface area contributed by atoms with Crippen molar-refractivity contribution < 1.29 is 15.1 Å². The Morgan fingerprint density at radius 3 is 2.12 bits per heavy atom. The van der Waals surface area contributed by atoms with Crippen molar-refractivity contribution in [3.8, 4) is 0 Å². The molecule has 11 nitrogen and oxygen atoms in total. The maximum Gasteiger partial charge on any atom is 0.277 e. The molecule has 0 spiro atoms. The van der Waals surface area contributed by atoms with E-state index in [4.69, 9.17) is 0 Å². The van der Waals surface area contributed by atoms with E-state index >= 15 is 0 Å². The molecule has 11 heteroatoms. The van der Waals surface area contributed by atoms with Crippen molar-refractivity contribution in [2.45, 2.75) is 26.2 Å². The molecule has 3 N–H and O–H groups in total. The lowest BCUT2D eigenvalue weighted by Crippen LogP contribution is -2.20. The average molecular weight is 348 g/mol. The predicted octanol–water partition coefficient (Wildman–Crippen LogP) is 2.58. The number of benzene rings is 1. The Kier molecular flexibility index (Phi) is 4.79. The number of hydroxylamine groups is 1. The molecule has 0 amide bonds. The summed E-state index contributed by atoms with van der Waals surface area (Å²) in [5.41, 5.74) is 1.36. The van der Waals surface area contributed by atoms with Gasteiger partial charge in [0.05, 0.1) is 15.9 Å². The van der Waals surface area contributed by atoms with Crippen molar-refractivity contribution >= 4 is 23.0 Å². The summed E-state index contributed by atoms with van der Waals surface area (Å²) >= 11 is 0. The second kappa shape index (κ2) is 6.65. The summed E-state index contributed by atoms with van der Waals surface area (Å²) in [6, 6.07) is 4.59. The number of amidine groups is 1. The van der Waals surface area contributed by atoms with Gasteiger partial charge in [0.15, 0.2) is 11.7 Å². The highest BCUT2D eigenvalue weighted by Crippen LogP contribution is 2.25. The zero-order valence-corrected chi connectivity index (χ0v) is 13.7. The Hall–Kier alpha value is -3.34. The third kappa shape index (κ3) is 4.14. The Morgan fingerprint density at radius 2 is 1.72 bits per heavy atom. The number of aromatic nitrogens is 2. The normalized spacial score (nSPS) is 12.1. The van der Waals surface area contributed by atoms with E-state index in [0.717, 1.165) is 23.9 Å². The summed E-state index contributed by atoms with van der Waals surface area (Å²) in [6.07, 6.45) is 0. The summed E-state index contributed by atoms with van der Waals surface area (Å²) in [6.45, 7) is 5.88. The molecule has 0 fully saturated rings. The van der Waals surface area contributed by atoms with E-state index in [1.165, 1.54) is 0 Å². The second-order valence-electron chi connectivity index (χ2n) is 6.21. The van der Waals surface area contributed by atoms with Crippen LogP contribution in [0.4, 0.5) is 17.2 Å². The molecule has 0 unspecified atom stereocenters. The number of nitrogens with zero attached hydrogens (tertiary/aromatic N) is 4. The molecule has 0 aliphatic heterocycles. The molecule has 0 atom stereocenters. The van der Waals surface area contributed by atoms with E-state index in [1.54, 1.807) is 11.5 Å². The van der Waals surface area contributed by atoms with Gasteiger partial charge in [-0.25, -0.2) is 4.99 Å². The lowest BCUT2D eigenvalue weighted by Gasteiger charge is -2.14. The van der Waals surface area contributed by atoms with Gasteiger partial charge in [-0.1, -0.05) is 20.8 Å². The highest BCUT2D eigenvalue weighted by molar-refractivity contribution is 6.00. The molecule has 0 aliphatic carbocycles. The van der Waals surface area contributed by atoms with Gasteiger partial charge < -0.3 is 0 Å². The van der Waals surface area contributed by atoms with E-state index in [9.17, 15) is 25.4 Å². The monoisotopic (exact) mass is 348 g/mol. The molecule has 0 bridgehead atoms. The van der Waals surface area contributed by atoms with Gasteiger partial charge in [0, 0.05) is 34.9 Å². The first-order valence-corrected chi connectivity index (χ1v) is 7.10. The van der Waals surface area contributed by atoms with Crippen LogP contribution in [0, 0.1) is 20.2 Å². The summed E-state index contributed by atoms with van der Waals surface area (Å²) in [5.74, 6) is -0.00519. The maximum absolute atomic E-state index is 11.0. The first kappa shape index (κ1) is 18.0. The van der Waals surface area contributed by atoms with Crippen LogP contribution < -0.4 is 5.48 Å². The van der Waals surface area contributed by atoms with Gasteiger partial charge >= 0.3 is 0 Å². The van der Waals surface area contributed by atoms with Crippen LogP contribution >= 0.6 is 0 Å². The molecule has 0 saturated carbocycles. The minimum atomic E-state index is -0.766. The fraction of sp³-hybridized carbons (Fsp3) is 0.286. The van der Waals surface area contributed by atoms with E-state index < -0.39 is 21.2 Å².